The van der Waals surface area contributed by atoms with E-state index in [1.165, 1.54) is 0 Å². The van der Waals surface area contributed by atoms with Crippen LogP contribution in [-0.2, 0) is 4.79 Å². The van der Waals surface area contributed by atoms with Crippen LogP contribution in [0.5, 0.6) is 0 Å². The first kappa shape index (κ1) is 16.5. The number of carboxylic acids is 1. The Bertz CT molecular complexity index is 893. The number of halogens is 1. The van der Waals surface area contributed by atoms with Crippen molar-refractivity contribution >= 4 is 39.1 Å². The maximum Gasteiger partial charge on any atom is 0.320 e. The molecule has 3 aromatic rings. The van der Waals surface area contributed by atoms with E-state index >= 15 is 0 Å². The van der Waals surface area contributed by atoms with E-state index in [0.29, 0.717) is 11.4 Å². The molecule has 0 radical (unpaired) electrons. The Labute approximate surface area is 154 Å². The molecule has 2 unspecified atom stereocenters. The zero-order valence-corrected chi connectivity index (χ0v) is 15.0. The number of carboxylic acid groups (broad SMARTS) is 1. The lowest BCUT2D eigenvalue weighted by atomic mass is 10.0. The van der Waals surface area contributed by atoms with Gasteiger partial charge in [-0.2, -0.15) is 0 Å². The minimum atomic E-state index is -0.773. The summed E-state index contributed by atoms with van der Waals surface area (Å²) in [6, 6.07) is 15.0. The molecule has 2 atom stereocenters. The monoisotopic (exact) mass is 372 g/mol. The summed E-state index contributed by atoms with van der Waals surface area (Å²) < 4.78 is 1.11. The number of likely N-dealkylation sites (tertiary alicyclic amines) is 1. The number of rotatable bonds is 4. The van der Waals surface area contributed by atoms with E-state index in [0.717, 1.165) is 33.8 Å². The van der Waals surface area contributed by atoms with Crippen molar-refractivity contribution in [3.63, 3.8) is 0 Å². The molecular weight excluding hydrogens is 356 g/mol. The summed E-state index contributed by atoms with van der Waals surface area (Å²) in [5.74, 6) is -0.773. The number of fused-ring (bicyclic) bond motifs is 1. The molecule has 1 aromatic heterocycles. The Balaban J connectivity index is 1.84. The lowest BCUT2D eigenvalue weighted by molar-refractivity contribution is -0.142. The van der Waals surface area contributed by atoms with Crippen molar-refractivity contribution in [2.75, 3.05) is 6.54 Å². The van der Waals surface area contributed by atoms with Crippen LogP contribution in [0.15, 0.2) is 48.5 Å². The molecule has 1 saturated heterocycles. The molecule has 1 aliphatic heterocycles. The van der Waals surface area contributed by atoms with Crippen LogP contribution in [0.25, 0.3) is 10.2 Å². The zero-order chi connectivity index (χ0) is 17.4. The van der Waals surface area contributed by atoms with Gasteiger partial charge in [-0.3, -0.25) is 9.69 Å². The van der Waals surface area contributed by atoms with Gasteiger partial charge in [0.2, 0.25) is 0 Å². The van der Waals surface area contributed by atoms with E-state index in [9.17, 15) is 9.90 Å². The summed E-state index contributed by atoms with van der Waals surface area (Å²) in [6.07, 6.45) is 1.54. The molecule has 0 saturated carbocycles. The zero-order valence-electron chi connectivity index (χ0n) is 13.4. The van der Waals surface area contributed by atoms with Gasteiger partial charge in [0.15, 0.2) is 0 Å². The highest BCUT2D eigenvalue weighted by Crippen LogP contribution is 2.38. The number of aromatic nitrogens is 1. The second kappa shape index (κ2) is 6.75. The highest BCUT2D eigenvalue weighted by atomic mass is 35.5. The van der Waals surface area contributed by atoms with Crippen molar-refractivity contribution in [2.24, 2.45) is 0 Å². The molecule has 1 fully saturated rings. The summed E-state index contributed by atoms with van der Waals surface area (Å²) in [7, 11) is 0. The highest BCUT2D eigenvalue weighted by Gasteiger charge is 2.38. The Hall–Kier alpha value is -1.95. The number of para-hydroxylation sites is 1. The highest BCUT2D eigenvalue weighted by molar-refractivity contribution is 7.18. The van der Waals surface area contributed by atoms with Gasteiger partial charge in [-0.15, -0.1) is 11.3 Å². The van der Waals surface area contributed by atoms with Gasteiger partial charge >= 0.3 is 5.97 Å². The SMILES string of the molecule is O=C(O)C1CCCN1C(c1cccc(Cl)c1)c1nc2ccccc2s1. The molecule has 2 aromatic carbocycles. The lowest BCUT2D eigenvalue weighted by Gasteiger charge is -2.30. The first-order chi connectivity index (χ1) is 12.1. The number of nitrogens with zero attached hydrogens (tertiary/aromatic N) is 2. The van der Waals surface area contributed by atoms with Crippen molar-refractivity contribution in [1.82, 2.24) is 9.88 Å². The van der Waals surface area contributed by atoms with Gasteiger partial charge in [0.25, 0.3) is 0 Å². The van der Waals surface area contributed by atoms with Crippen molar-refractivity contribution in [3.8, 4) is 0 Å². The average molecular weight is 373 g/mol. The minimum Gasteiger partial charge on any atom is -0.480 e. The van der Waals surface area contributed by atoms with Crippen molar-refractivity contribution in [3.05, 3.63) is 64.1 Å². The number of carbonyl (C=O) groups is 1. The molecular formula is C19H17ClN2O2S. The van der Waals surface area contributed by atoms with Crippen molar-refractivity contribution < 1.29 is 9.90 Å². The average Bonchev–Trinajstić information content (AvgIpc) is 3.22. The fraction of sp³-hybridized carbons (Fsp3) is 0.263. The van der Waals surface area contributed by atoms with Crippen LogP contribution in [0.2, 0.25) is 5.02 Å². The van der Waals surface area contributed by atoms with E-state index in [1.807, 2.05) is 53.4 Å². The number of aliphatic carboxylic acids is 1. The maximum atomic E-state index is 11.7. The fourth-order valence-electron chi connectivity index (χ4n) is 3.52. The largest absolute Gasteiger partial charge is 0.480 e. The molecule has 0 bridgehead atoms. The standard InChI is InChI=1S/C19H17ClN2O2S/c20-13-6-3-5-12(11-13)17(22-10-4-8-15(22)19(23)24)18-21-14-7-1-2-9-16(14)25-18/h1-3,5-7,9,11,15,17H,4,8,10H2,(H,23,24). The smallest absolute Gasteiger partial charge is 0.320 e. The molecule has 4 nitrogen and oxygen atoms in total. The van der Waals surface area contributed by atoms with Gasteiger partial charge in [0.05, 0.1) is 16.3 Å². The second-order valence-corrected chi connectivity index (χ2v) is 7.71. The third-order valence-corrected chi connectivity index (χ3v) is 5.94. The fourth-order valence-corrected chi connectivity index (χ4v) is 4.84. The topological polar surface area (TPSA) is 53.4 Å². The Morgan fingerprint density at radius 1 is 1.28 bits per heavy atom. The molecule has 0 aliphatic carbocycles. The van der Waals surface area contributed by atoms with E-state index in [4.69, 9.17) is 16.6 Å². The molecule has 0 spiro atoms. The number of thiazole rings is 1. The number of hydrogen-bond donors (Lipinski definition) is 1. The molecule has 4 rings (SSSR count). The summed E-state index contributed by atoms with van der Waals surface area (Å²) >= 11 is 7.83. The molecule has 1 aliphatic rings. The van der Waals surface area contributed by atoms with E-state index < -0.39 is 12.0 Å². The predicted octanol–water partition coefficient (Wildman–Crippen LogP) is 4.59. The summed E-state index contributed by atoms with van der Waals surface area (Å²) in [4.78, 5) is 18.6. The van der Waals surface area contributed by atoms with Crippen LogP contribution >= 0.6 is 22.9 Å². The Morgan fingerprint density at radius 3 is 2.88 bits per heavy atom. The maximum absolute atomic E-state index is 11.7. The van der Waals surface area contributed by atoms with Crippen LogP contribution in [0.3, 0.4) is 0 Å². The first-order valence-electron chi connectivity index (χ1n) is 8.23. The van der Waals surface area contributed by atoms with Crippen LogP contribution in [0.1, 0.15) is 29.5 Å². The molecule has 0 amide bonds. The van der Waals surface area contributed by atoms with Gasteiger partial charge in [-0.1, -0.05) is 35.9 Å². The van der Waals surface area contributed by atoms with Crippen molar-refractivity contribution in [1.29, 1.82) is 0 Å². The normalized spacial score (nSPS) is 19.3. The van der Waals surface area contributed by atoms with E-state index in [-0.39, 0.29) is 6.04 Å². The molecule has 25 heavy (non-hydrogen) atoms. The quantitative estimate of drug-likeness (QED) is 0.727. The van der Waals surface area contributed by atoms with Crippen LogP contribution in [0.4, 0.5) is 0 Å². The third kappa shape index (κ3) is 3.15. The van der Waals surface area contributed by atoms with Gasteiger partial charge < -0.3 is 5.11 Å². The third-order valence-electron chi connectivity index (χ3n) is 4.62. The minimum absolute atomic E-state index is 0.195. The summed E-state index contributed by atoms with van der Waals surface area (Å²) in [5.41, 5.74) is 1.93. The van der Waals surface area contributed by atoms with Gasteiger partial charge in [0, 0.05) is 11.6 Å². The summed E-state index contributed by atoms with van der Waals surface area (Å²) in [6.45, 7) is 0.740. The predicted molar refractivity (Wildman–Crippen MR) is 100 cm³/mol. The van der Waals surface area contributed by atoms with Crippen LogP contribution in [-0.4, -0.2) is 33.5 Å². The van der Waals surface area contributed by atoms with Gasteiger partial charge in [0.1, 0.15) is 11.0 Å². The van der Waals surface area contributed by atoms with Crippen molar-refractivity contribution in [2.45, 2.75) is 24.9 Å². The number of benzene rings is 2. The lowest BCUT2D eigenvalue weighted by Crippen LogP contribution is -2.39. The Kier molecular flexibility index (Phi) is 4.46. The van der Waals surface area contributed by atoms with Gasteiger partial charge in [-0.05, 0) is 42.7 Å². The molecule has 6 heteroatoms. The van der Waals surface area contributed by atoms with Crippen LogP contribution < -0.4 is 0 Å². The molecule has 1 N–H and O–H groups in total. The molecule has 2 heterocycles. The first-order valence-corrected chi connectivity index (χ1v) is 9.42. The second-order valence-electron chi connectivity index (χ2n) is 6.21. The van der Waals surface area contributed by atoms with Crippen LogP contribution in [0, 0.1) is 0 Å². The Morgan fingerprint density at radius 2 is 2.12 bits per heavy atom. The summed E-state index contributed by atoms with van der Waals surface area (Å²) in [5, 5.41) is 11.2. The van der Waals surface area contributed by atoms with E-state index in [1.54, 1.807) is 11.3 Å². The number of hydrogen-bond acceptors (Lipinski definition) is 4. The van der Waals surface area contributed by atoms with Gasteiger partial charge in [-0.25, -0.2) is 4.98 Å². The van der Waals surface area contributed by atoms with E-state index in [2.05, 4.69) is 0 Å². The molecule has 128 valence electrons.